The molecule has 2 unspecified atom stereocenters. The topological polar surface area (TPSA) is 71.8 Å². The average Bonchev–Trinajstić information content (AvgIpc) is 3.10. The van der Waals surface area contributed by atoms with E-state index in [9.17, 15) is 4.79 Å². The van der Waals surface area contributed by atoms with E-state index in [0.717, 1.165) is 24.3 Å². The lowest BCUT2D eigenvalue weighted by atomic mass is 9.85. The van der Waals surface area contributed by atoms with Crippen molar-refractivity contribution in [2.45, 2.75) is 32.7 Å². The van der Waals surface area contributed by atoms with E-state index in [-0.39, 0.29) is 5.91 Å². The molecule has 1 aromatic heterocycles. The number of nitrogens with zero attached hydrogens (tertiary/aromatic N) is 3. The zero-order valence-corrected chi connectivity index (χ0v) is 14.1. The predicted octanol–water partition coefficient (Wildman–Crippen LogP) is 2.29. The van der Waals surface area contributed by atoms with Crippen LogP contribution < -0.4 is 10.6 Å². The van der Waals surface area contributed by atoms with E-state index in [1.807, 2.05) is 24.3 Å². The van der Waals surface area contributed by atoms with Gasteiger partial charge in [0.2, 0.25) is 5.91 Å². The maximum atomic E-state index is 12.3. The fraction of sp³-hybridized carbons (Fsp3) is 0.500. The van der Waals surface area contributed by atoms with Crippen LogP contribution in [0, 0.1) is 11.8 Å². The fourth-order valence-corrected chi connectivity index (χ4v) is 3.23. The highest BCUT2D eigenvalue weighted by molar-refractivity contribution is 5.90. The molecule has 1 aliphatic rings. The van der Waals surface area contributed by atoms with Crippen LogP contribution in [0.3, 0.4) is 0 Å². The first-order valence-electron chi connectivity index (χ1n) is 8.62. The average molecular weight is 327 g/mol. The summed E-state index contributed by atoms with van der Waals surface area (Å²) in [5, 5.41) is 10.5. The molecule has 0 aliphatic carbocycles. The minimum Gasteiger partial charge on any atom is -0.326 e. The first-order chi connectivity index (χ1) is 11.7. The van der Waals surface area contributed by atoms with E-state index in [1.54, 1.807) is 11.0 Å². The third-order valence-corrected chi connectivity index (χ3v) is 4.70. The number of hydrogen-bond acceptors (Lipinski definition) is 4. The molecule has 0 bridgehead atoms. The summed E-state index contributed by atoms with van der Waals surface area (Å²) < 4.78 is 1.77. The van der Waals surface area contributed by atoms with E-state index in [2.05, 4.69) is 27.6 Å². The number of carbonyl (C=O) groups is 1. The Labute approximate surface area is 142 Å². The lowest BCUT2D eigenvalue weighted by molar-refractivity contribution is -0.117. The van der Waals surface area contributed by atoms with Gasteiger partial charge >= 0.3 is 0 Å². The Morgan fingerprint density at radius 3 is 2.92 bits per heavy atom. The summed E-state index contributed by atoms with van der Waals surface area (Å²) in [6.45, 7) is 5.00. The number of amides is 1. The summed E-state index contributed by atoms with van der Waals surface area (Å²) >= 11 is 0. The summed E-state index contributed by atoms with van der Waals surface area (Å²) in [6, 6.07) is 7.89. The smallest absolute Gasteiger partial charge is 0.224 e. The molecule has 0 radical (unpaired) electrons. The zero-order valence-electron chi connectivity index (χ0n) is 14.1. The zero-order chi connectivity index (χ0) is 16.8. The molecule has 0 saturated carbocycles. The van der Waals surface area contributed by atoms with E-state index in [0.29, 0.717) is 24.8 Å². The number of aromatic nitrogens is 3. The van der Waals surface area contributed by atoms with Gasteiger partial charge in [-0.15, -0.1) is 0 Å². The van der Waals surface area contributed by atoms with Crippen molar-refractivity contribution in [2.75, 3.05) is 18.4 Å². The molecule has 24 heavy (non-hydrogen) atoms. The van der Waals surface area contributed by atoms with Gasteiger partial charge in [-0.25, -0.2) is 9.67 Å². The van der Waals surface area contributed by atoms with Crippen LogP contribution in [0.15, 0.2) is 36.9 Å². The van der Waals surface area contributed by atoms with Crippen LogP contribution in [0.5, 0.6) is 0 Å². The van der Waals surface area contributed by atoms with Gasteiger partial charge in [-0.2, -0.15) is 5.10 Å². The van der Waals surface area contributed by atoms with Crippen molar-refractivity contribution in [3.05, 3.63) is 42.5 Å². The van der Waals surface area contributed by atoms with E-state index >= 15 is 0 Å². The van der Waals surface area contributed by atoms with Gasteiger partial charge in [-0.1, -0.05) is 19.1 Å². The van der Waals surface area contributed by atoms with Crippen LogP contribution >= 0.6 is 0 Å². The quantitative estimate of drug-likeness (QED) is 0.854. The Hall–Kier alpha value is -2.21. The van der Waals surface area contributed by atoms with Gasteiger partial charge in [0.1, 0.15) is 12.7 Å². The molecular formula is C18H25N5O. The maximum absolute atomic E-state index is 12.3. The molecule has 2 aromatic rings. The highest BCUT2D eigenvalue weighted by Crippen LogP contribution is 2.23. The van der Waals surface area contributed by atoms with Crippen LogP contribution in [0.2, 0.25) is 0 Å². The van der Waals surface area contributed by atoms with Gasteiger partial charge in [0.15, 0.2) is 0 Å². The summed E-state index contributed by atoms with van der Waals surface area (Å²) in [7, 11) is 0. The Morgan fingerprint density at radius 2 is 2.25 bits per heavy atom. The van der Waals surface area contributed by atoms with Crippen LogP contribution in [-0.4, -0.2) is 33.8 Å². The largest absolute Gasteiger partial charge is 0.326 e. The molecule has 128 valence electrons. The second-order valence-corrected chi connectivity index (χ2v) is 6.63. The molecule has 0 spiro atoms. The third kappa shape index (κ3) is 4.64. The van der Waals surface area contributed by atoms with E-state index < -0.39 is 0 Å². The molecule has 2 N–H and O–H groups in total. The molecule has 6 nitrogen and oxygen atoms in total. The van der Waals surface area contributed by atoms with Crippen molar-refractivity contribution >= 4 is 11.6 Å². The highest BCUT2D eigenvalue weighted by atomic mass is 16.1. The number of carbonyl (C=O) groups excluding carboxylic acids is 1. The first-order valence-corrected chi connectivity index (χ1v) is 8.62. The second-order valence-electron chi connectivity index (χ2n) is 6.63. The first kappa shape index (κ1) is 16.6. The summed E-state index contributed by atoms with van der Waals surface area (Å²) in [5.74, 6) is 1.11. The minimum atomic E-state index is 0.0945. The Kier molecular flexibility index (Phi) is 5.59. The fourth-order valence-electron chi connectivity index (χ4n) is 3.23. The molecular weight excluding hydrogens is 302 g/mol. The lowest BCUT2D eigenvalue weighted by Gasteiger charge is -2.28. The summed E-state index contributed by atoms with van der Waals surface area (Å²) in [6.07, 6.45) is 6.23. The summed E-state index contributed by atoms with van der Waals surface area (Å²) in [4.78, 5) is 16.2. The third-order valence-electron chi connectivity index (χ3n) is 4.70. The number of anilines is 1. The molecule has 1 aromatic carbocycles. The Balaban J connectivity index is 1.48. The Bertz CT molecular complexity index is 632. The van der Waals surface area contributed by atoms with Crippen LogP contribution in [0.1, 0.15) is 31.7 Å². The van der Waals surface area contributed by atoms with Crippen molar-refractivity contribution in [2.24, 2.45) is 11.8 Å². The lowest BCUT2D eigenvalue weighted by Crippen LogP contribution is -2.34. The van der Waals surface area contributed by atoms with Gasteiger partial charge in [0, 0.05) is 12.1 Å². The van der Waals surface area contributed by atoms with E-state index in [4.69, 9.17) is 0 Å². The molecule has 2 atom stereocenters. The van der Waals surface area contributed by atoms with Gasteiger partial charge in [0.25, 0.3) is 0 Å². The number of benzene rings is 1. The number of rotatable bonds is 6. The summed E-state index contributed by atoms with van der Waals surface area (Å²) in [5.41, 5.74) is 1.97. The standard InChI is InChI=1S/C18H25N5O/c1-14(16-3-2-8-19-10-16)9-18(24)22-17-6-4-15(5-7-17)11-23-13-20-12-21-23/h4-7,12-14,16,19H,2-3,8-11H2,1H3,(H,22,24). The molecule has 2 heterocycles. The van der Waals surface area contributed by atoms with Gasteiger partial charge in [-0.3, -0.25) is 4.79 Å². The Morgan fingerprint density at radius 1 is 1.42 bits per heavy atom. The van der Waals surface area contributed by atoms with Crippen LogP contribution in [0.25, 0.3) is 0 Å². The SMILES string of the molecule is CC(CC(=O)Nc1ccc(Cn2cncn2)cc1)C1CCCNC1. The number of nitrogens with one attached hydrogen (secondary N) is 2. The van der Waals surface area contributed by atoms with Gasteiger partial charge in [0.05, 0.1) is 6.54 Å². The van der Waals surface area contributed by atoms with E-state index in [1.165, 1.54) is 19.2 Å². The number of hydrogen-bond donors (Lipinski definition) is 2. The predicted molar refractivity (Wildman–Crippen MR) is 93.6 cm³/mol. The molecule has 1 saturated heterocycles. The highest BCUT2D eigenvalue weighted by Gasteiger charge is 2.21. The van der Waals surface area contributed by atoms with Crippen molar-refractivity contribution in [3.8, 4) is 0 Å². The van der Waals surface area contributed by atoms with Crippen molar-refractivity contribution < 1.29 is 4.79 Å². The normalized spacial score (nSPS) is 19.0. The van der Waals surface area contributed by atoms with Crippen molar-refractivity contribution in [1.82, 2.24) is 20.1 Å². The van der Waals surface area contributed by atoms with Crippen molar-refractivity contribution in [3.63, 3.8) is 0 Å². The minimum absolute atomic E-state index is 0.0945. The monoisotopic (exact) mass is 327 g/mol. The maximum Gasteiger partial charge on any atom is 0.224 e. The van der Waals surface area contributed by atoms with Gasteiger partial charge in [-0.05, 0) is 55.5 Å². The molecule has 6 heteroatoms. The van der Waals surface area contributed by atoms with Gasteiger partial charge < -0.3 is 10.6 Å². The molecule has 1 aliphatic heterocycles. The van der Waals surface area contributed by atoms with Crippen LogP contribution in [-0.2, 0) is 11.3 Å². The molecule has 3 rings (SSSR count). The second kappa shape index (κ2) is 8.06. The molecule has 1 amide bonds. The number of piperidine rings is 1. The van der Waals surface area contributed by atoms with Crippen molar-refractivity contribution in [1.29, 1.82) is 0 Å². The molecule has 1 fully saturated rings. The van der Waals surface area contributed by atoms with Crippen LogP contribution in [0.4, 0.5) is 5.69 Å².